The van der Waals surface area contributed by atoms with Crippen LogP contribution in [0.2, 0.25) is 0 Å². The minimum atomic E-state index is -0.625. The second-order valence-electron chi connectivity index (χ2n) is 3.94. The van der Waals surface area contributed by atoms with Crippen LogP contribution in [0.15, 0.2) is 24.3 Å². The van der Waals surface area contributed by atoms with Crippen LogP contribution in [0.4, 0.5) is 0 Å². The van der Waals surface area contributed by atoms with E-state index < -0.39 is 6.10 Å². The smallest absolute Gasteiger partial charge is 0.216 e. The molecule has 0 aliphatic rings. The molecule has 3 heteroatoms. The second kappa shape index (κ2) is 6.28. The maximum Gasteiger partial charge on any atom is 0.216 e. The van der Waals surface area contributed by atoms with Gasteiger partial charge in [0.05, 0.1) is 6.10 Å². The minimum Gasteiger partial charge on any atom is -0.387 e. The number of amides is 1. The van der Waals surface area contributed by atoms with Gasteiger partial charge in [0.15, 0.2) is 0 Å². The number of aliphatic hydroxyl groups is 1. The number of carbonyl (C=O) groups is 1. The second-order valence-corrected chi connectivity index (χ2v) is 3.94. The molecular formula is C13H19NO2. The van der Waals surface area contributed by atoms with E-state index in [4.69, 9.17) is 0 Å². The maximum atomic E-state index is 10.7. The number of hydrogen-bond donors (Lipinski definition) is 2. The standard InChI is InChI=1S/C13H19NO2/c1-3-4-11-5-7-12(8-6-11)13(16)9-14-10(2)15/h5-8,13,16H,3-4,9H2,1-2H3,(H,14,15). The molecule has 0 aromatic heterocycles. The van der Waals surface area contributed by atoms with Crippen LogP contribution in [-0.2, 0) is 11.2 Å². The summed E-state index contributed by atoms with van der Waals surface area (Å²) >= 11 is 0. The molecule has 1 amide bonds. The zero-order chi connectivity index (χ0) is 12.0. The maximum absolute atomic E-state index is 10.7. The number of benzene rings is 1. The van der Waals surface area contributed by atoms with Gasteiger partial charge in [-0.1, -0.05) is 37.6 Å². The molecule has 0 saturated carbocycles. The lowest BCUT2D eigenvalue weighted by Crippen LogP contribution is -2.25. The molecule has 1 rings (SSSR count). The third-order valence-corrected chi connectivity index (χ3v) is 2.45. The van der Waals surface area contributed by atoms with Crippen LogP contribution >= 0.6 is 0 Å². The molecule has 0 spiro atoms. The topological polar surface area (TPSA) is 49.3 Å². The van der Waals surface area contributed by atoms with E-state index in [0.717, 1.165) is 18.4 Å². The van der Waals surface area contributed by atoms with E-state index in [9.17, 15) is 9.90 Å². The predicted octanol–water partition coefficient (Wildman–Crippen LogP) is 1.81. The van der Waals surface area contributed by atoms with Crippen molar-refractivity contribution in [2.24, 2.45) is 0 Å². The average Bonchev–Trinajstić information content (AvgIpc) is 2.27. The summed E-state index contributed by atoms with van der Waals surface area (Å²) < 4.78 is 0. The first-order valence-corrected chi connectivity index (χ1v) is 5.64. The van der Waals surface area contributed by atoms with Gasteiger partial charge in [-0.15, -0.1) is 0 Å². The van der Waals surface area contributed by atoms with Gasteiger partial charge in [-0.3, -0.25) is 4.79 Å². The lowest BCUT2D eigenvalue weighted by Gasteiger charge is -2.11. The highest BCUT2D eigenvalue weighted by atomic mass is 16.3. The van der Waals surface area contributed by atoms with Crippen molar-refractivity contribution < 1.29 is 9.90 Å². The van der Waals surface area contributed by atoms with Crippen LogP contribution in [-0.4, -0.2) is 17.6 Å². The third kappa shape index (κ3) is 4.03. The quantitative estimate of drug-likeness (QED) is 0.796. The molecule has 0 heterocycles. The minimum absolute atomic E-state index is 0.123. The van der Waals surface area contributed by atoms with Crippen molar-refractivity contribution in [3.8, 4) is 0 Å². The van der Waals surface area contributed by atoms with Gasteiger partial charge < -0.3 is 10.4 Å². The Bertz CT molecular complexity index is 332. The molecule has 88 valence electrons. The molecule has 1 aromatic carbocycles. The van der Waals surface area contributed by atoms with Crippen LogP contribution < -0.4 is 5.32 Å². The van der Waals surface area contributed by atoms with E-state index in [1.165, 1.54) is 12.5 Å². The first-order chi connectivity index (χ1) is 7.63. The van der Waals surface area contributed by atoms with Crippen LogP contribution in [0.25, 0.3) is 0 Å². The molecule has 1 aromatic rings. The van der Waals surface area contributed by atoms with Crippen molar-refractivity contribution in [2.75, 3.05) is 6.54 Å². The van der Waals surface area contributed by atoms with Crippen LogP contribution in [0.5, 0.6) is 0 Å². The molecule has 0 saturated heterocycles. The molecule has 0 aliphatic carbocycles. The van der Waals surface area contributed by atoms with E-state index in [0.29, 0.717) is 0 Å². The Morgan fingerprint density at radius 3 is 2.50 bits per heavy atom. The molecule has 2 N–H and O–H groups in total. The Morgan fingerprint density at radius 2 is 2.00 bits per heavy atom. The Balaban J connectivity index is 2.55. The number of carbonyl (C=O) groups excluding carboxylic acids is 1. The molecular weight excluding hydrogens is 202 g/mol. The summed E-state index contributed by atoms with van der Waals surface area (Å²) in [5.41, 5.74) is 2.12. The monoisotopic (exact) mass is 221 g/mol. The zero-order valence-electron chi connectivity index (χ0n) is 9.86. The first kappa shape index (κ1) is 12.7. The van der Waals surface area contributed by atoms with Gasteiger partial charge in [0.1, 0.15) is 0 Å². The summed E-state index contributed by atoms with van der Waals surface area (Å²) in [4.78, 5) is 10.7. The largest absolute Gasteiger partial charge is 0.387 e. The first-order valence-electron chi connectivity index (χ1n) is 5.64. The summed E-state index contributed by atoms with van der Waals surface area (Å²) in [6.07, 6.45) is 1.55. The van der Waals surface area contributed by atoms with Crippen molar-refractivity contribution >= 4 is 5.91 Å². The van der Waals surface area contributed by atoms with Gasteiger partial charge in [0.25, 0.3) is 0 Å². The molecule has 0 aliphatic heterocycles. The fraction of sp³-hybridized carbons (Fsp3) is 0.462. The Kier molecular flexibility index (Phi) is 4.99. The molecule has 0 bridgehead atoms. The van der Waals surface area contributed by atoms with E-state index in [1.54, 1.807) is 0 Å². The SMILES string of the molecule is CCCc1ccc(C(O)CNC(C)=O)cc1. The number of hydrogen-bond acceptors (Lipinski definition) is 2. The molecule has 1 atom stereocenters. The van der Waals surface area contributed by atoms with Gasteiger partial charge >= 0.3 is 0 Å². The summed E-state index contributed by atoms with van der Waals surface area (Å²) in [5.74, 6) is -0.123. The van der Waals surface area contributed by atoms with Gasteiger partial charge in [-0.05, 0) is 17.5 Å². The fourth-order valence-electron chi connectivity index (χ4n) is 1.55. The summed E-state index contributed by atoms with van der Waals surface area (Å²) in [6.45, 7) is 3.85. The fourth-order valence-corrected chi connectivity index (χ4v) is 1.55. The van der Waals surface area contributed by atoms with Gasteiger partial charge in [-0.25, -0.2) is 0 Å². The lowest BCUT2D eigenvalue weighted by molar-refractivity contribution is -0.119. The van der Waals surface area contributed by atoms with E-state index in [2.05, 4.69) is 12.2 Å². The lowest BCUT2D eigenvalue weighted by atomic mass is 10.0. The predicted molar refractivity (Wildman–Crippen MR) is 64.1 cm³/mol. The highest BCUT2D eigenvalue weighted by Gasteiger charge is 2.07. The van der Waals surface area contributed by atoms with Crippen molar-refractivity contribution in [3.05, 3.63) is 35.4 Å². The molecule has 3 nitrogen and oxygen atoms in total. The van der Waals surface area contributed by atoms with Gasteiger partial charge in [0.2, 0.25) is 5.91 Å². The highest BCUT2D eigenvalue weighted by molar-refractivity contribution is 5.72. The number of aryl methyl sites for hydroxylation is 1. The van der Waals surface area contributed by atoms with E-state index >= 15 is 0 Å². The average molecular weight is 221 g/mol. The van der Waals surface area contributed by atoms with Crippen molar-refractivity contribution in [2.45, 2.75) is 32.8 Å². The summed E-state index contributed by atoms with van der Waals surface area (Å²) in [5, 5.41) is 12.4. The summed E-state index contributed by atoms with van der Waals surface area (Å²) in [7, 11) is 0. The number of aliphatic hydroxyl groups excluding tert-OH is 1. The van der Waals surface area contributed by atoms with Crippen molar-refractivity contribution in [3.63, 3.8) is 0 Å². The normalized spacial score (nSPS) is 12.2. The summed E-state index contributed by atoms with van der Waals surface area (Å²) in [6, 6.07) is 7.88. The van der Waals surface area contributed by atoms with Crippen LogP contribution in [0, 0.1) is 0 Å². The highest BCUT2D eigenvalue weighted by Crippen LogP contribution is 2.13. The van der Waals surface area contributed by atoms with Crippen LogP contribution in [0.3, 0.4) is 0 Å². The van der Waals surface area contributed by atoms with E-state index in [-0.39, 0.29) is 12.5 Å². The Hall–Kier alpha value is -1.35. The number of nitrogens with one attached hydrogen (secondary N) is 1. The van der Waals surface area contributed by atoms with Crippen molar-refractivity contribution in [1.29, 1.82) is 0 Å². The van der Waals surface area contributed by atoms with Gasteiger partial charge in [-0.2, -0.15) is 0 Å². The Morgan fingerprint density at radius 1 is 1.38 bits per heavy atom. The molecule has 0 fully saturated rings. The molecule has 16 heavy (non-hydrogen) atoms. The third-order valence-electron chi connectivity index (χ3n) is 2.45. The number of rotatable bonds is 5. The molecule has 1 unspecified atom stereocenters. The zero-order valence-corrected chi connectivity index (χ0v) is 9.86. The van der Waals surface area contributed by atoms with E-state index in [1.807, 2.05) is 24.3 Å². The van der Waals surface area contributed by atoms with Gasteiger partial charge in [0, 0.05) is 13.5 Å². The van der Waals surface area contributed by atoms with Crippen molar-refractivity contribution in [1.82, 2.24) is 5.32 Å². The Labute approximate surface area is 96.5 Å². The van der Waals surface area contributed by atoms with Crippen LogP contribution in [0.1, 0.15) is 37.5 Å². The molecule has 0 radical (unpaired) electrons.